The molecule has 2 N–H and O–H groups in total. The Bertz CT molecular complexity index is 1020. The zero-order valence-electron chi connectivity index (χ0n) is 19.2. The molecule has 2 aliphatic carbocycles. The summed E-state index contributed by atoms with van der Waals surface area (Å²) in [7, 11) is 1.91. The molecular formula is C26H34N4O. The van der Waals surface area contributed by atoms with Crippen LogP contribution in [0.5, 0.6) is 0 Å². The molecule has 1 amide bonds. The van der Waals surface area contributed by atoms with E-state index in [1.807, 2.05) is 42.3 Å². The van der Waals surface area contributed by atoms with E-state index >= 15 is 0 Å². The van der Waals surface area contributed by atoms with Crippen LogP contribution in [-0.4, -0.2) is 34.1 Å². The van der Waals surface area contributed by atoms with E-state index in [2.05, 4.69) is 37.3 Å². The van der Waals surface area contributed by atoms with Gasteiger partial charge in [-0.15, -0.1) is 0 Å². The summed E-state index contributed by atoms with van der Waals surface area (Å²) in [4.78, 5) is 14.8. The highest BCUT2D eigenvalue weighted by Gasteiger charge is 2.46. The normalized spacial score (nSPS) is 29.1. The number of carbonyl (C=O) groups is 1. The molecule has 1 aromatic heterocycles. The minimum absolute atomic E-state index is 0.0722. The smallest absolute Gasteiger partial charge is 0.257 e. The van der Waals surface area contributed by atoms with Gasteiger partial charge >= 0.3 is 0 Å². The highest BCUT2D eigenvalue weighted by Crippen LogP contribution is 2.45. The fourth-order valence-corrected chi connectivity index (χ4v) is 5.94. The van der Waals surface area contributed by atoms with Gasteiger partial charge in [-0.25, -0.2) is 0 Å². The molecule has 0 spiro atoms. The van der Waals surface area contributed by atoms with Crippen molar-refractivity contribution in [2.24, 2.45) is 11.3 Å². The lowest BCUT2D eigenvalue weighted by Crippen LogP contribution is -2.40. The number of aromatic amines is 1. The molecule has 3 aliphatic rings. The van der Waals surface area contributed by atoms with Crippen molar-refractivity contribution < 1.29 is 4.79 Å². The van der Waals surface area contributed by atoms with Gasteiger partial charge in [0.15, 0.2) is 0 Å². The van der Waals surface area contributed by atoms with Crippen LogP contribution in [0.25, 0.3) is 0 Å². The van der Waals surface area contributed by atoms with E-state index in [9.17, 15) is 4.79 Å². The van der Waals surface area contributed by atoms with E-state index in [4.69, 9.17) is 5.10 Å². The molecule has 3 atom stereocenters. The first-order valence-corrected chi connectivity index (χ1v) is 11.6. The summed E-state index contributed by atoms with van der Waals surface area (Å²) in [6.45, 7) is 7.01. The van der Waals surface area contributed by atoms with Crippen LogP contribution in [0.1, 0.15) is 73.8 Å². The minimum atomic E-state index is -0.116. The van der Waals surface area contributed by atoms with Crippen molar-refractivity contribution >= 4 is 5.91 Å². The number of hydrogen-bond acceptors (Lipinski definition) is 3. The molecule has 5 heteroatoms. The fourth-order valence-electron chi connectivity index (χ4n) is 5.94. The number of benzene rings is 1. The maximum Gasteiger partial charge on any atom is 0.257 e. The number of allylic oxidation sites excluding steroid dienone is 1. The molecule has 1 saturated heterocycles. The van der Waals surface area contributed by atoms with E-state index in [0.29, 0.717) is 17.4 Å². The third-order valence-electron chi connectivity index (χ3n) is 7.72. The molecule has 31 heavy (non-hydrogen) atoms. The van der Waals surface area contributed by atoms with Crippen LogP contribution >= 0.6 is 0 Å². The summed E-state index contributed by atoms with van der Waals surface area (Å²) in [5.74, 6) is 0.496. The Morgan fingerprint density at radius 1 is 1.16 bits per heavy atom. The number of amides is 1. The monoisotopic (exact) mass is 418 g/mol. The fraction of sp³-hybridized carbons (Fsp3) is 0.538. The molecule has 2 heterocycles. The summed E-state index contributed by atoms with van der Waals surface area (Å²) in [6.07, 6.45) is 8.74. The maximum atomic E-state index is 12.9. The summed E-state index contributed by atoms with van der Waals surface area (Å²) >= 11 is 0. The van der Waals surface area contributed by atoms with Gasteiger partial charge in [-0.3, -0.25) is 9.89 Å². The predicted molar refractivity (Wildman–Crippen MR) is 123 cm³/mol. The van der Waals surface area contributed by atoms with Crippen LogP contribution in [0, 0.1) is 11.3 Å². The van der Waals surface area contributed by atoms with E-state index in [0.717, 1.165) is 43.4 Å². The Kier molecular flexibility index (Phi) is 4.85. The van der Waals surface area contributed by atoms with Crippen LogP contribution in [0.3, 0.4) is 0 Å². The molecule has 164 valence electrons. The van der Waals surface area contributed by atoms with Crippen molar-refractivity contribution in [2.45, 2.75) is 70.9 Å². The first kappa shape index (κ1) is 20.5. The SMILES string of the molecule is CN(C(=O)c1ccccc1)C1=CC2C[C@](C)(c3n[nH]c4c3CCC(C)(C)C4)NC2CC1. The second-order valence-electron chi connectivity index (χ2n) is 10.7. The van der Waals surface area contributed by atoms with E-state index in [-0.39, 0.29) is 11.4 Å². The van der Waals surface area contributed by atoms with Gasteiger partial charge in [0.25, 0.3) is 5.91 Å². The quantitative estimate of drug-likeness (QED) is 0.768. The molecule has 5 nitrogen and oxygen atoms in total. The summed E-state index contributed by atoms with van der Waals surface area (Å²) in [5.41, 5.74) is 6.11. The Morgan fingerprint density at radius 2 is 1.94 bits per heavy atom. The number of H-pyrrole nitrogens is 1. The van der Waals surface area contributed by atoms with E-state index < -0.39 is 0 Å². The third-order valence-corrected chi connectivity index (χ3v) is 7.72. The first-order chi connectivity index (χ1) is 14.8. The zero-order valence-corrected chi connectivity index (χ0v) is 19.2. The molecule has 1 aliphatic heterocycles. The van der Waals surface area contributed by atoms with Crippen molar-refractivity contribution in [3.8, 4) is 0 Å². The highest BCUT2D eigenvalue weighted by molar-refractivity contribution is 5.95. The number of nitrogens with one attached hydrogen (secondary N) is 2. The van der Waals surface area contributed by atoms with Crippen LogP contribution in [0.2, 0.25) is 0 Å². The van der Waals surface area contributed by atoms with Crippen LogP contribution in [0.4, 0.5) is 0 Å². The topological polar surface area (TPSA) is 61.0 Å². The van der Waals surface area contributed by atoms with Crippen molar-refractivity contribution in [2.75, 3.05) is 7.05 Å². The number of hydrogen-bond donors (Lipinski definition) is 2. The van der Waals surface area contributed by atoms with Crippen molar-refractivity contribution in [1.82, 2.24) is 20.4 Å². The lowest BCUT2D eigenvalue weighted by molar-refractivity contribution is 0.0827. The van der Waals surface area contributed by atoms with Crippen molar-refractivity contribution in [3.05, 3.63) is 64.6 Å². The van der Waals surface area contributed by atoms with Crippen LogP contribution < -0.4 is 5.32 Å². The number of fused-ring (bicyclic) bond motifs is 2. The Hall–Kier alpha value is -2.40. The number of nitrogens with zero attached hydrogens (tertiary/aromatic N) is 2. The van der Waals surface area contributed by atoms with Gasteiger partial charge in [0.05, 0.1) is 11.2 Å². The largest absolute Gasteiger partial charge is 0.316 e. The number of aromatic nitrogens is 2. The van der Waals surface area contributed by atoms with Crippen molar-refractivity contribution in [1.29, 1.82) is 0 Å². The predicted octanol–water partition coefficient (Wildman–Crippen LogP) is 4.57. The van der Waals surface area contributed by atoms with Crippen LogP contribution in [-0.2, 0) is 18.4 Å². The lowest BCUT2D eigenvalue weighted by Gasteiger charge is -2.31. The van der Waals surface area contributed by atoms with E-state index in [1.165, 1.54) is 23.4 Å². The van der Waals surface area contributed by atoms with E-state index in [1.54, 1.807) is 0 Å². The molecule has 2 unspecified atom stereocenters. The lowest BCUT2D eigenvalue weighted by atomic mass is 9.74. The molecule has 0 bridgehead atoms. The Balaban J connectivity index is 1.36. The average molecular weight is 419 g/mol. The van der Waals surface area contributed by atoms with Gasteiger partial charge in [0, 0.05) is 30.0 Å². The minimum Gasteiger partial charge on any atom is -0.316 e. The summed E-state index contributed by atoms with van der Waals surface area (Å²) < 4.78 is 0. The first-order valence-electron chi connectivity index (χ1n) is 11.6. The average Bonchev–Trinajstić information content (AvgIpc) is 3.32. The standard InChI is InChI=1S/C26H34N4O/c1-25(2)13-12-20-22(16-25)28-29-23(20)26(3)15-18-14-19(10-11-21(18)27-26)30(4)24(31)17-8-6-5-7-9-17/h5-9,14,18,21,27H,10-13,15-16H2,1-4H3,(H,28,29)/t18?,21?,26-/m1/s1. The molecule has 1 aromatic carbocycles. The van der Waals surface area contributed by atoms with Gasteiger partial charge in [0.1, 0.15) is 0 Å². The van der Waals surface area contributed by atoms with Gasteiger partial charge in [-0.1, -0.05) is 38.1 Å². The second kappa shape index (κ2) is 7.33. The zero-order chi connectivity index (χ0) is 21.8. The van der Waals surface area contributed by atoms with Crippen molar-refractivity contribution in [3.63, 3.8) is 0 Å². The number of rotatable bonds is 3. The molecule has 0 radical (unpaired) electrons. The molecular weight excluding hydrogens is 384 g/mol. The van der Waals surface area contributed by atoms with Gasteiger partial charge in [0.2, 0.25) is 0 Å². The van der Waals surface area contributed by atoms with Gasteiger partial charge in [-0.2, -0.15) is 5.10 Å². The summed E-state index contributed by atoms with van der Waals surface area (Å²) in [6, 6.07) is 10.0. The third kappa shape index (κ3) is 3.63. The highest BCUT2D eigenvalue weighted by atomic mass is 16.2. The van der Waals surface area contributed by atoms with Gasteiger partial charge in [-0.05, 0) is 74.5 Å². The molecule has 1 fully saturated rings. The second-order valence-corrected chi connectivity index (χ2v) is 10.7. The molecule has 5 rings (SSSR count). The Morgan fingerprint density at radius 3 is 2.71 bits per heavy atom. The Labute approximate surface area is 185 Å². The molecule has 0 saturated carbocycles. The summed E-state index contributed by atoms with van der Waals surface area (Å²) in [5, 5.41) is 12.1. The van der Waals surface area contributed by atoms with Crippen LogP contribution in [0.15, 0.2) is 42.1 Å². The maximum absolute atomic E-state index is 12.9. The molecule has 2 aromatic rings. The van der Waals surface area contributed by atoms with Gasteiger partial charge < -0.3 is 10.2 Å². The number of carbonyl (C=O) groups excluding carboxylic acids is 1.